The summed E-state index contributed by atoms with van der Waals surface area (Å²) in [6, 6.07) is 0. The minimum atomic E-state index is -0.366. The Morgan fingerprint density at radius 2 is 2.16 bits per heavy atom. The van der Waals surface area contributed by atoms with Crippen LogP contribution >= 0.6 is 22.6 Å². The van der Waals surface area contributed by atoms with Crippen molar-refractivity contribution in [1.29, 1.82) is 0 Å². The quantitative estimate of drug-likeness (QED) is 0.466. The summed E-state index contributed by atoms with van der Waals surface area (Å²) in [5, 5.41) is 15.5. The number of hydrogen-bond donors (Lipinski definition) is 0. The average molecular weight is 373 g/mol. The van der Waals surface area contributed by atoms with E-state index in [2.05, 4.69) is 37.7 Å². The van der Waals surface area contributed by atoms with Crippen molar-refractivity contribution < 1.29 is 4.92 Å². The summed E-state index contributed by atoms with van der Waals surface area (Å²) in [5.74, 6) is 0.579. The van der Waals surface area contributed by atoms with E-state index in [0.29, 0.717) is 30.0 Å². The Balaban J connectivity index is 2.71. The molecule has 0 saturated carbocycles. The molecule has 0 fully saturated rings. The fourth-order valence-electron chi connectivity index (χ4n) is 1.90. The second kappa shape index (κ2) is 5.59. The summed E-state index contributed by atoms with van der Waals surface area (Å²) in [4.78, 5) is 18.9. The third kappa shape index (κ3) is 2.44. The molecule has 2 heterocycles. The van der Waals surface area contributed by atoms with Crippen LogP contribution in [0.15, 0.2) is 12.5 Å². The molecular formula is C11H12IN5O2. The fraction of sp³-hybridized carbons (Fsp3) is 0.364. The molecule has 0 saturated heterocycles. The van der Waals surface area contributed by atoms with Gasteiger partial charge in [-0.05, 0) is 35.4 Å². The first-order valence-electron chi connectivity index (χ1n) is 5.81. The average Bonchev–Trinajstić information content (AvgIpc) is 2.77. The van der Waals surface area contributed by atoms with E-state index < -0.39 is 0 Å². The highest BCUT2D eigenvalue weighted by molar-refractivity contribution is 14.1. The van der Waals surface area contributed by atoms with Crippen molar-refractivity contribution in [2.75, 3.05) is 0 Å². The van der Waals surface area contributed by atoms with Crippen LogP contribution < -0.4 is 0 Å². The Morgan fingerprint density at radius 1 is 1.42 bits per heavy atom. The van der Waals surface area contributed by atoms with Crippen LogP contribution in [0, 0.1) is 13.7 Å². The van der Waals surface area contributed by atoms with E-state index in [9.17, 15) is 10.1 Å². The van der Waals surface area contributed by atoms with Crippen LogP contribution in [0.1, 0.15) is 25.2 Å². The lowest BCUT2D eigenvalue weighted by Gasteiger charge is -2.05. The predicted molar refractivity (Wildman–Crippen MR) is 77.3 cm³/mol. The van der Waals surface area contributed by atoms with Gasteiger partial charge in [-0.25, -0.2) is 14.6 Å². The second-order valence-corrected chi connectivity index (χ2v) is 4.97. The Hall–Kier alpha value is -1.58. The number of hydrogen-bond acceptors (Lipinski definition) is 5. The monoisotopic (exact) mass is 373 g/mol. The number of aryl methyl sites for hydroxylation is 1. The van der Waals surface area contributed by atoms with Crippen LogP contribution in [-0.2, 0) is 12.8 Å². The lowest BCUT2D eigenvalue weighted by atomic mass is 10.2. The van der Waals surface area contributed by atoms with Crippen molar-refractivity contribution in [2.24, 2.45) is 0 Å². The second-order valence-electron chi connectivity index (χ2n) is 3.81. The Bertz CT molecular complexity index is 626. The van der Waals surface area contributed by atoms with Gasteiger partial charge in [0.25, 0.3) is 0 Å². The number of aromatic nitrogens is 4. The van der Waals surface area contributed by atoms with E-state index in [0.717, 1.165) is 3.57 Å². The first-order chi connectivity index (χ1) is 9.10. The van der Waals surface area contributed by atoms with E-state index in [1.165, 1.54) is 6.33 Å². The lowest BCUT2D eigenvalue weighted by Crippen LogP contribution is -2.07. The molecule has 19 heavy (non-hydrogen) atoms. The van der Waals surface area contributed by atoms with Gasteiger partial charge in [0.1, 0.15) is 17.7 Å². The van der Waals surface area contributed by atoms with Crippen molar-refractivity contribution in [2.45, 2.75) is 26.7 Å². The molecule has 7 nitrogen and oxygen atoms in total. The molecule has 2 aromatic heterocycles. The van der Waals surface area contributed by atoms with Gasteiger partial charge in [-0.1, -0.05) is 13.8 Å². The first kappa shape index (κ1) is 13.8. The summed E-state index contributed by atoms with van der Waals surface area (Å²) in [7, 11) is 0. The SMILES string of the molecule is CCc1nn(-c2ncncc2I)c(CC)c1[N+](=O)[O-]. The highest BCUT2D eigenvalue weighted by atomic mass is 127. The summed E-state index contributed by atoms with van der Waals surface area (Å²) < 4.78 is 2.36. The van der Waals surface area contributed by atoms with Gasteiger partial charge >= 0.3 is 5.69 Å². The molecule has 0 aliphatic heterocycles. The molecule has 8 heteroatoms. The van der Waals surface area contributed by atoms with Crippen LogP contribution in [-0.4, -0.2) is 24.7 Å². The van der Waals surface area contributed by atoms with Crippen molar-refractivity contribution >= 4 is 28.3 Å². The number of nitrogens with zero attached hydrogens (tertiary/aromatic N) is 5. The molecule has 0 radical (unpaired) electrons. The number of rotatable bonds is 4. The van der Waals surface area contributed by atoms with Crippen molar-refractivity contribution in [3.05, 3.63) is 37.6 Å². The van der Waals surface area contributed by atoms with E-state index in [-0.39, 0.29) is 10.6 Å². The van der Waals surface area contributed by atoms with E-state index >= 15 is 0 Å². The Labute approximate surface area is 123 Å². The number of halogens is 1. The molecule has 2 aromatic rings. The third-order valence-corrected chi connectivity index (χ3v) is 3.49. The largest absolute Gasteiger partial charge is 0.313 e. The van der Waals surface area contributed by atoms with Crippen molar-refractivity contribution in [3.63, 3.8) is 0 Å². The lowest BCUT2D eigenvalue weighted by molar-refractivity contribution is -0.386. The third-order valence-electron chi connectivity index (χ3n) is 2.72. The van der Waals surface area contributed by atoms with Gasteiger partial charge in [-0.2, -0.15) is 5.10 Å². The smallest absolute Gasteiger partial charge is 0.258 e. The molecule has 0 aliphatic carbocycles. The Kier molecular flexibility index (Phi) is 4.08. The van der Waals surface area contributed by atoms with Gasteiger partial charge in [-0.15, -0.1) is 0 Å². The standard InChI is InChI=1S/C11H12IN5O2/c1-3-8-10(17(18)19)9(4-2)16(15-8)11-7(12)5-13-6-14-11/h5-6H,3-4H2,1-2H3. The molecule has 0 aliphatic rings. The molecule has 0 spiro atoms. The van der Waals surface area contributed by atoms with E-state index in [4.69, 9.17) is 0 Å². The molecule has 0 N–H and O–H groups in total. The topological polar surface area (TPSA) is 86.7 Å². The van der Waals surface area contributed by atoms with Gasteiger partial charge in [-0.3, -0.25) is 10.1 Å². The van der Waals surface area contributed by atoms with Crippen LogP contribution in [0.25, 0.3) is 5.82 Å². The van der Waals surface area contributed by atoms with Crippen molar-refractivity contribution in [1.82, 2.24) is 19.7 Å². The first-order valence-corrected chi connectivity index (χ1v) is 6.89. The molecule has 100 valence electrons. The van der Waals surface area contributed by atoms with Gasteiger partial charge in [0, 0.05) is 6.20 Å². The van der Waals surface area contributed by atoms with Gasteiger partial charge in [0.15, 0.2) is 5.82 Å². The molecule has 0 amide bonds. The van der Waals surface area contributed by atoms with Crippen LogP contribution in [0.2, 0.25) is 0 Å². The predicted octanol–water partition coefficient (Wildman–Crippen LogP) is 2.30. The van der Waals surface area contributed by atoms with E-state index in [1.807, 2.05) is 13.8 Å². The molecular weight excluding hydrogens is 361 g/mol. The summed E-state index contributed by atoms with van der Waals surface area (Å²) in [5.41, 5.74) is 1.15. The molecule has 0 atom stereocenters. The van der Waals surface area contributed by atoms with Crippen LogP contribution in [0.3, 0.4) is 0 Å². The fourth-order valence-corrected chi connectivity index (χ4v) is 2.43. The van der Waals surface area contributed by atoms with Crippen molar-refractivity contribution in [3.8, 4) is 5.82 Å². The zero-order valence-electron chi connectivity index (χ0n) is 10.5. The van der Waals surface area contributed by atoms with Gasteiger partial charge in [0.05, 0.1) is 8.49 Å². The minimum absolute atomic E-state index is 0.0967. The molecule has 0 bridgehead atoms. The van der Waals surface area contributed by atoms with E-state index in [1.54, 1.807) is 10.9 Å². The molecule has 0 aromatic carbocycles. The maximum Gasteiger partial charge on any atom is 0.313 e. The maximum absolute atomic E-state index is 11.2. The zero-order valence-corrected chi connectivity index (χ0v) is 12.7. The van der Waals surface area contributed by atoms with Gasteiger partial charge < -0.3 is 0 Å². The summed E-state index contributed by atoms with van der Waals surface area (Å²) in [6.45, 7) is 3.72. The normalized spacial score (nSPS) is 10.7. The number of nitro groups is 1. The van der Waals surface area contributed by atoms with Gasteiger partial charge in [0.2, 0.25) is 0 Å². The maximum atomic E-state index is 11.2. The highest BCUT2D eigenvalue weighted by Gasteiger charge is 2.27. The highest BCUT2D eigenvalue weighted by Crippen LogP contribution is 2.27. The van der Waals surface area contributed by atoms with Crippen LogP contribution in [0.5, 0.6) is 0 Å². The molecule has 0 unspecified atom stereocenters. The minimum Gasteiger partial charge on any atom is -0.258 e. The Morgan fingerprint density at radius 3 is 2.68 bits per heavy atom. The zero-order chi connectivity index (χ0) is 14.0. The summed E-state index contributed by atoms with van der Waals surface area (Å²) in [6.07, 6.45) is 4.10. The summed E-state index contributed by atoms with van der Waals surface area (Å²) >= 11 is 2.09. The van der Waals surface area contributed by atoms with Crippen LogP contribution in [0.4, 0.5) is 5.69 Å². The molecule has 2 rings (SSSR count).